The van der Waals surface area contributed by atoms with Crippen molar-refractivity contribution in [1.82, 2.24) is 9.88 Å². The molecule has 2 N–H and O–H groups in total. The van der Waals surface area contributed by atoms with Crippen molar-refractivity contribution in [2.24, 2.45) is 0 Å². The van der Waals surface area contributed by atoms with Gasteiger partial charge >= 0.3 is 0 Å². The number of carbonyl (C=O) groups is 1. The van der Waals surface area contributed by atoms with Crippen LogP contribution >= 0.6 is 11.3 Å². The van der Waals surface area contributed by atoms with E-state index in [0.29, 0.717) is 13.1 Å². The van der Waals surface area contributed by atoms with Gasteiger partial charge in [-0.1, -0.05) is 6.07 Å². The molecule has 2 aromatic carbocycles. The Morgan fingerprint density at radius 3 is 2.89 bits per heavy atom. The van der Waals surface area contributed by atoms with Crippen LogP contribution in [0.15, 0.2) is 42.5 Å². The highest BCUT2D eigenvalue weighted by atomic mass is 32.1. The highest BCUT2D eigenvalue weighted by Gasteiger charge is 2.19. The minimum absolute atomic E-state index is 0.0488. The zero-order valence-corrected chi connectivity index (χ0v) is 16.1. The van der Waals surface area contributed by atoms with Crippen molar-refractivity contribution < 1.29 is 9.90 Å². The second-order valence-electron chi connectivity index (χ2n) is 7.15. The summed E-state index contributed by atoms with van der Waals surface area (Å²) in [5.74, 6) is -0.0488. The number of piperidine rings is 1. The smallest absolute Gasteiger partial charge is 0.238 e. The Labute approximate surface area is 162 Å². The summed E-state index contributed by atoms with van der Waals surface area (Å²) in [5, 5.41) is 13.6. The first-order valence-corrected chi connectivity index (χ1v) is 10.1. The maximum absolute atomic E-state index is 12.2. The molecular weight excluding hydrogens is 358 g/mol. The number of fused-ring (bicyclic) bond motifs is 1. The Bertz CT molecular complexity index is 952. The van der Waals surface area contributed by atoms with E-state index in [4.69, 9.17) is 4.98 Å². The molecule has 1 unspecified atom stereocenters. The summed E-state index contributed by atoms with van der Waals surface area (Å²) in [6.07, 6.45) is 1.44. The average Bonchev–Trinajstić information content (AvgIpc) is 3.05. The van der Waals surface area contributed by atoms with Gasteiger partial charge < -0.3 is 10.4 Å². The molecule has 1 saturated heterocycles. The maximum atomic E-state index is 12.2. The van der Waals surface area contributed by atoms with Crippen LogP contribution in [0, 0.1) is 6.92 Å². The largest absolute Gasteiger partial charge is 0.392 e. The van der Waals surface area contributed by atoms with Gasteiger partial charge in [0.1, 0.15) is 5.01 Å². The molecule has 1 aliphatic rings. The Kier molecular flexibility index (Phi) is 5.20. The minimum atomic E-state index is -0.316. The molecule has 27 heavy (non-hydrogen) atoms. The number of aryl methyl sites for hydroxylation is 1. The summed E-state index contributed by atoms with van der Waals surface area (Å²) < 4.78 is 1.19. The van der Waals surface area contributed by atoms with Crippen LogP contribution in [0.5, 0.6) is 0 Å². The van der Waals surface area contributed by atoms with E-state index in [-0.39, 0.29) is 12.0 Å². The van der Waals surface area contributed by atoms with Gasteiger partial charge in [-0.05, 0) is 68.3 Å². The Hall–Kier alpha value is -2.28. The molecule has 0 radical (unpaired) electrons. The number of hydrogen-bond acceptors (Lipinski definition) is 5. The molecule has 4 rings (SSSR count). The van der Waals surface area contributed by atoms with Crippen molar-refractivity contribution in [2.45, 2.75) is 25.9 Å². The van der Waals surface area contributed by atoms with Crippen LogP contribution < -0.4 is 5.32 Å². The summed E-state index contributed by atoms with van der Waals surface area (Å²) in [6, 6.07) is 14.1. The Morgan fingerprint density at radius 1 is 1.30 bits per heavy atom. The summed E-state index contributed by atoms with van der Waals surface area (Å²) in [4.78, 5) is 18.9. The van der Waals surface area contributed by atoms with E-state index in [9.17, 15) is 9.90 Å². The van der Waals surface area contributed by atoms with Gasteiger partial charge in [-0.2, -0.15) is 0 Å². The number of hydrogen-bond donors (Lipinski definition) is 2. The number of aliphatic hydroxyl groups excluding tert-OH is 1. The number of carbonyl (C=O) groups excluding carboxylic acids is 1. The van der Waals surface area contributed by atoms with Crippen molar-refractivity contribution in [1.29, 1.82) is 0 Å². The van der Waals surface area contributed by atoms with Gasteiger partial charge in [-0.3, -0.25) is 9.69 Å². The molecule has 3 aromatic rings. The molecule has 1 aliphatic heterocycles. The first kappa shape index (κ1) is 18.1. The number of amides is 1. The van der Waals surface area contributed by atoms with Gasteiger partial charge in [0.05, 0.1) is 22.9 Å². The minimum Gasteiger partial charge on any atom is -0.392 e. The van der Waals surface area contributed by atoms with Crippen molar-refractivity contribution in [2.75, 3.05) is 25.0 Å². The van der Waals surface area contributed by atoms with Crippen molar-refractivity contribution in [3.8, 4) is 10.6 Å². The van der Waals surface area contributed by atoms with Crippen LogP contribution in [0.3, 0.4) is 0 Å². The first-order chi connectivity index (χ1) is 13.1. The number of rotatable bonds is 4. The molecule has 2 heterocycles. The number of aliphatic hydroxyl groups is 1. The second kappa shape index (κ2) is 7.76. The number of thiazole rings is 1. The van der Waals surface area contributed by atoms with Gasteiger partial charge in [0.25, 0.3) is 0 Å². The van der Waals surface area contributed by atoms with E-state index in [1.807, 2.05) is 29.2 Å². The lowest BCUT2D eigenvalue weighted by Crippen LogP contribution is -2.42. The fourth-order valence-corrected chi connectivity index (χ4v) is 4.50. The molecule has 0 bridgehead atoms. The van der Waals surface area contributed by atoms with Gasteiger partial charge in [-0.25, -0.2) is 4.98 Å². The molecule has 1 amide bonds. The Morgan fingerprint density at radius 2 is 2.11 bits per heavy atom. The third-order valence-electron chi connectivity index (χ3n) is 4.81. The Balaban J connectivity index is 1.41. The molecule has 1 fully saturated rings. The topological polar surface area (TPSA) is 65.5 Å². The number of likely N-dealkylation sites (tertiary alicyclic amines) is 1. The van der Waals surface area contributed by atoms with E-state index < -0.39 is 0 Å². The molecule has 1 atom stereocenters. The lowest BCUT2D eigenvalue weighted by molar-refractivity contribution is -0.118. The molecular formula is C21H23N3O2S. The standard InChI is InChI=1S/C21H23N3O2S/c1-14-4-9-18-19(11-14)27-21(23-18)15-5-7-16(8-6-15)22-20(26)13-24-10-2-3-17(25)12-24/h4-9,11,17,25H,2-3,10,12-13H2,1H3,(H,22,26). The van der Waals surface area contributed by atoms with E-state index >= 15 is 0 Å². The fraction of sp³-hybridized carbons (Fsp3) is 0.333. The third kappa shape index (κ3) is 4.35. The number of aromatic nitrogens is 1. The van der Waals surface area contributed by atoms with Crippen LogP contribution in [0.2, 0.25) is 0 Å². The number of nitrogens with one attached hydrogen (secondary N) is 1. The molecule has 0 saturated carbocycles. The molecule has 0 spiro atoms. The van der Waals surface area contributed by atoms with Gasteiger partial charge in [0.2, 0.25) is 5.91 Å². The monoisotopic (exact) mass is 381 g/mol. The lowest BCUT2D eigenvalue weighted by Gasteiger charge is -2.29. The number of benzene rings is 2. The van der Waals surface area contributed by atoms with E-state index in [2.05, 4.69) is 30.4 Å². The second-order valence-corrected chi connectivity index (χ2v) is 8.18. The molecule has 5 nitrogen and oxygen atoms in total. The lowest BCUT2D eigenvalue weighted by atomic mass is 10.1. The quantitative estimate of drug-likeness (QED) is 0.724. The summed E-state index contributed by atoms with van der Waals surface area (Å²) in [5.41, 5.74) is 4.07. The predicted octanol–water partition coefficient (Wildman–Crippen LogP) is 3.67. The van der Waals surface area contributed by atoms with Crippen LogP contribution in [-0.2, 0) is 4.79 Å². The van der Waals surface area contributed by atoms with Crippen LogP contribution in [-0.4, -0.2) is 46.6 Å². The maximum Gasteiger partial charge on any atom is 0.238 e. The molecule has 140 valence electrons. The third-order valence-corrected chi connectivity index (χ3v) is 5.87. The van der Waals surface area contributed by atoms with Crippen molar-refractivity contribution >= 4 is 33.1 Å². The first-order valence-electron chi connectivity index (χ1n) is 9.25. The predicted molar refractivity (Wildman–Crippen MR) is 110 cm³/mol. The number of nitrogens with zero attached hydrogens (tertiary/aromatic N) is 2. The van der Waals surface area contributed by atoms with Crippen LogP contribution in [0.4, 0.5) is 5.69 Å². The zero-order valence-electron chi connectivity index (χ0n) is 15.3. The average molecular weight is 382 g/mol. The SMILES string of the molecule is Cc1ccc2nc(-c3ccc(NC(=O)CN4CCCC(O)C4)cc3)sc2c1. The summed E-state index contributed by atoms with van der Waals surface area (Å²) >= 11 is 1.68. The van der Waals surface area contributed by atoms with Gasteiger partial charge in [0.15, 0.2) is 0 Å². The normalized spacial score (nSPS) is 17.9. The fourth-order valence-electron chi connectivity index (χ4n) is 3.43. The van der Waals surface area contributed by atoms with E-state index in [1.165, 1.54) is 10.3 Å². The molecule has 0 aliphatic carbocycles. The van der Waals surface area contributed by atoms with E-state index in [0.717, 1.165) is 41.2 Å². The molecule has 1 aromatic heterocycles. The van der Waals surface area contributed by atoms with Crippen LogP contribution in [0.25, 0.3) is 20.8 Å². The highest BCUT2D eigenvalue weighted by Crippen LogP contribution is 2.31. The highest BCUT2D eigenvalue weighted by molar-refractivity contribution is 7.21. The van der Waals surface area contributed by atoms with Crippen molar-refractivity contribution in [3.63, 3.8) is 0 Å². The number of anilines is 1. The van der Waals surface area contributed by atoms with Gasteiger partial charge in [-0.15, -0.1) is 11.3 Å². The molecule has 6 heteroatoms. The van der Waals surface area contributed by atoms with Crippen molar-refractivity contribution in [3.05, 3.63) is 48.0 Å². The summed E-state index contributed by atoms with van der Waals surface area (Å²) in [6.45, 7) is 3.83. The van der Waals surface area contributed by atoms with E-state index in [1.54, 1.807) is 11.3 Å². The van der Waals surface area contributed by atoms with Gasteiger partial charge in [0, 0.05) is 17.8 Å². The number of β-amino-alcohol motifs (C(OH)–C–C–N with tert-alkyl or cyclic N) is 1. The zero-order chi connectivity index (χ0) is 18.8. The van der Waals surface area contributed by atoms with Crippen LogP contribution in [0.1, 0.15) is 18.4 Å². The summed E-state index contributed by atoms with van der Waals surface area (Å²) in [7, 11) is 0.